The lowest BCUT2D eigenvalue weighted by Crippen LogP contribution is -2.52. The molecule has 1 aromatic carbocycles. The lowest BCUT2D eigenvalue weighted by atomic mass is 9.96. The predicted molar refractivity (Wildman–Crippen MR) is 130 cm³/mol. The SMILES string of the molecule is CCN(CC)CCN1C2CCC1CC(NC(=O)c1cc3ccccc3n(C(C)C)c1=O)C2. The van der Waals surface area contributed by atoms with Crippen molar-refractivity contribution in [2.45, 2.75) is 77.5 Å². The van der Waals surface area contributed by atoms with Crippen molar-refractivity contribution in [3.8, 4) is 0 Å². The maximum absolute atomic E-state index is 13.2. The maximum Gasteiger partial charge on any atom is 0.264 e. The Bertz CT molecular complexity index is 997. The van der Waals surface area contributed by atoms with Crippen molar-refractivity contribution in [2.75, 3.05) is 26.2 Å². The Morgan fingerprint density at radius 1 is 1.12 bits per heavy atom. The average Bonchev–Trinajstić information content (AvgIpc) is 3.01. The van der Waals surface area contributed by atoms with Crippen LogP contribution in [0.3, 0.4) is 0 Å². The number of pyridine rings is 1. The number of carbonyl (C=O) groups is 1. The molecule has 2 aliphatic heterocycles. The third-order valence-electron chi connectivity index (χ3n) is 7.49. The summed E-state index contributed by atoms with van der Waals surface area (Å²) in [5.41, 5.74) is 0.938. The molecule has 1 aromatic heterocycles. The second-order valence-corrected chi connectivity index (χ2v) is 9.68. The van der Waals surface area contributed by atoms with E-state index in [4.69, 9.17) is 0 Å². The molecule has 2 saturated heterocycles. The van der Waals surface area contributed by atoms with E-state index in [1.807, 2.05) is 38.1 Å². The Morgan fingerprint density at radius 2 is 1.78 bits per heavy atom. The first-order chi connectivity index (χ1) is 15.4. The van der Waals surface area contributed by atoms with Crippen LogP contribution in [0.15, 0.2) is 35.1 Å². The molecule has 1 amide bonds. The van der Waals surface area contributed by atoms with Gasteiger partial charge in [-0.2, -0.15) is 0 Å². The van der Waals surface area contributed by atoms with Crippen LogP contribution < -0.4 is 10.9 Å². The van der Waals surface area contributed by atoms with Crippen LogP contribution in [0.2, 0.25) is 0 Å². The van der Waals surface area contributed by atoms with Gasteiger partial charge in [0.2, 0.25) is 0 Å². The summed E-state index contributed by atoms with van der Waals surface area (Å²) < 4.78 is 1.74. The highest BCUT2D eigenvalue weighted by Crippen LogP contribution is 2.35. The Hall–Kier alpha value is -2.18. The minimum absolute atomic E-state index is 0.00922. The number of benzene rings is 1. The fraction of sp³-hybridized carbons (Fsp3) is 0.615. The molecule has 1 N–H and O–H groups in total. The Morgan fingerprint density at radius 3 is 2.41 bits per heavy atom. The van der Waals surface area contributed by atoms with Gasteiger partial charge in [0.25, 0.3) is 11.5 Å². The van der Waals surface area contributed by atoms with Crippen LogP contribution in [0.4, 0.5) is 0 Å². The van der Waals surface area contributed by atoms with Crippen LogP contribution in [0.1, 0.15) is 69.8 Å². The lowest BCUT2D eigenvalue weighted by Gasteiger charge is -2.40. The second kappa shape index (κ2) is 9.75. The van der Waals surface area contributed by atoms with Crippen LogP contribution in [-0.2, 0) is 0 Å². The molecule has 2 aliphatic rings. The third-order valence-corrected chi connectivity index (χ3v) is 7.49. The highest BCUT2D eigenvalue weighted by atomic mass is 16.2. The smallest absolute Gasteiger partial charge is 0.264 e. The summed E-state index contributed by atoms with van der Waals surface area (Å²) in [5.74, 6) is -0.226. The molecule has 0 spiro atoms. The van der Waals surface area contributed by atoms with E-state index in [0.29, 0.717) is 12.1 Å². The fourth-order valence-corrected chi connectivity index (χ4v) is 5.78. The summed E-state index contributed by atoms with van der Waals surface area (Å²) >= 11 is 0. The van der Waals surface area contributed by atoms with Crippen molar-refractivity contribution in [3.05, 3.63) is 46.2 Å². The van der Waals surface area contributed by atoms with Gasteiger partial charge in [0.1, 0.15) is 5.56 Å². The van der Waals surface area contributed by atoms with E-state index in [0.717, 1.165) is 49.9 Å². The Balaban J connectivity index is 1.47. The molecule has 0 aliphatic carbocycles. The fourth-order valence-electron chi connectivity index (χ4n) is 5.78. The lowest BCUT2D eigenvalue weighted by molar-refractivity contribution is 0.0813. The van der Waals surface area contributed by atoms with Gasteiger partial charge in [-0.3, -0.25) is 14.5 Å². The molecule has 32 heavy (non-hydrogen) atoms. The Kier molecular flexibility index (Phi) is 7.01. The van der Waals surface area contributed by atoms with E-state index >= 15 is 0 Å². The van der Waals surface area contributed by atoms with Crippen molar-refractivity contribution < 1.29 is 4.79 Å². The van der Waals surface area contributed by atoms with Gasteiger partial charge in [-0.05, 0) is 70.1 Å². The van der Waals surface area contributed by atoms with E-state index in [1.54, 1.807) is 10.6 Å². The molecule has 2 fully saturated rings. The van der Waals surface area contributed by atoms with E-state index in [2.05, 4.69) is 29.0 Å². The molecule has 2 unspecified atom stereocenters. The summed E-state index contributed by atoms with van der Waals surface area (Å²) in [6.07, 6.45) is 4.38. The van der Waals surface area contributed by atoms with Crippen molar-refractivity contribution in [2.24, 2.45) is 0 Å². The van der Waals surface area contributed by atoms with Gasteiger partial charge in [0.15, 0.2) is 0 Å². The molecule has 174 valence electrons. The number of aromatic nitrogens is 1. The molecular weight excluding hydrogens is 400 g/mol. The van der Waals surface area contributed by atoms with Crippen molar-refractivity contribution in [1.82, 2.24) is 19.7 Å². The number of hydrogen-bond donors (Lipinski definition) is 1. The molecule has 2 atom stereocenters. The molecule has 6 heteroatoms. The number of likely N-dealkylation sites (N-methyl/N-ethyl adjacent to an activating group) is 1. The zero-order valence-electron chi connectivity index (χ0n) is 20.0. The van der Waals surface area contributed by atoms with Crippen LogP contribution in [0.25, 0.3) is 10.9 Å². The first-order valence-electron chi connectivity index (χ1n) is 12.4. The summed E-state index contributed by atoms with van der Waals surface area (Å²) in [7, 11) is 0. The molecule has 2 bridgehead atoms. The molecule has 6 nitrogen and oxygen atoms in total. The van der Waals surface area contributed by atoms with Gasteiger partial charge < -0.3 is 14.8 Å². The summed E-state index contributed by atoms with van der Waals surface area (Å²) in [6.45, 7) is 12.8. The van der Waals surface area contributed by atoms with Gasteiger partial charge in [-0.25, -0.2) is 0 Å². The number of carbonyl (C=O) groups excluding carboxylic acids is 1. The number of piperidine rings is 1. The van der Waals surface area contributed by atoms with E-state index < -0.39 is 0 Å². The summed E-state index contributed by atoms with van der Waals surface area (Å²) in [5, 5.41) is 4.15. The second-order valence-electron chi connectivity index (χ2n) is 9.68. The molecule has 0 saturated carbocycles. The highest BCUT2D eigenvalue weighted by molar-refractivity contribution is 5.97. The standard InChI is InChI=1S/C26H38N4O2/c1-5-28(6-2)13-14-29-21-11-12-22(29)17-20(16-21)27-25(31)23-15-19-9-7-8-10-24(19)30(18(3)4)26(23)32/h7-10,15,18,20-22H,5-6,11-14,16-17H2,1-4H3,(H,27,31). The Labute approximate surface area is 191 Å². The zero-order valence-corrected chi connectivity index (χ0v) is 20.0. The van der Waals surface area contributed by atoms with E-state index in [1.165, 1.54) is 12.8 Å². The minimum atomic E-state index is -0.226. The largest absolute Gasteiger partial charge is 0.349 e. The zero-order chi connectivity index (χ0) is 22.8. The number of nitrogens with zero attached hydrogens (tertiary/aromatic N) is 3. The van der Waals surface area contributed by atoms with Crippen molar-refractivity contribution >= 4 is 16.8 Å². The quantitative estimate of drug-likeness (QED) is 0.684. The van der Waals surface area contributed by atoms with Crippen molar-refractivity contribution in [3.63, 3.8) is 0 Å². The maximum atomic E-state index is 13.2. The predicted octanol–water partition coefficient (Wildman–Crippen LogP) is 3.65. The average molecular weight is 439 g/mol. The minimum Gasteiger partial charge on any atom is -0.349 e. The normalized spacial score (nSPS) is 23.4. The van der Waals surface area contributed by atoms with Gasteiger partial charge in [-0.15, -0.1) is 0 Å². The molecule has 0 radical (unpaired) electrons. The molecular formula is C26H38N4O2. The van der Waals surface area contributed by atoms with Gasteiger partial charge in [-0.1, -0.05) is 32.0 Å². The van der Waals surface area contributed by atoms with Crippen molar-refractivity contribution in [1.29, 1.82) is 0 Å². The van der Waals surface area contributed by atoms with Crippen LogP contribution in [0, 0.1) is 0 Å². The summed E-state index contributed by atoms with van der Waals surface area (Å²) in [6, 6.07) is 10.8. The number of hydrogen-bond acceptors (Lipinski definition) is 4. The van der Waals surface area contributed by atoms with Crippen LogP contribution in [-0.4, -0.2) is 64.6 Å². The topological polar surface area (TPSA) is 57.6 Å². The van der Waals surface area contributed by atoms with Gasteiger partial charge >= 0.3 is 0 Å². The number of para-hydroxylation sites is 1. The molecule has 4 rings (SSSR count). The molecule has 3 heterocycles. The first kappa shape index (κ1) is 23.0. The number of nitrogens with one attached hydrogen (secondary N) is 1. The highest BCUT2D eigenvalue weighted by Gasteiger charge is 2.41. The molecule has 2 aromatic rings. The third kappa shape index (κ3) is 4.48. The van der Waals surface area contributed by atoms with E-state index in [9.17, 15) is 9.59 Å². The number of amides is 1. The van der Waals surface area contributed by atoms with Crippen LogP contribution in [0.5, 0.6) is 0 Å². The monoisotopic (exact) mass is 438 g/mol. The van der Waals surface area contributed by atoms with Crippen LogP contribution >= 0.6 is 0 Å². The first-order valence-corrected chi connectivity index (χ1v) is 12.4. The van der Waals surface area contributed by atoms with E-state index in [-0.39, 0.29) is 29.1 Å². The van der Waals surface area contributed by atoms with Gasteiger partial charge in [0, 0.05) is 37.3 Å². The summed E-state index contributed by atoms with van der Waals surface area (Å²) in [4.78, 5) is 31.6. The number of fused-ring (bicyclic) bond motifs is 3. The number of rotatable bonds is 8. The van der Waals surface area contributed by atoms with Gasteiger partial charge in [0.05, 0.1) is 5.52 Å².